The maximum atomic E-state index is 6.22. The number of hydrogen-bond acceptors (Lipinski definition) is 2. The summed E-state index contributed by atoms with van der Waals surface area (Å²) in [6, 6.07) is 45.8. The van der Waals surface area contributed by atoms with Crippen LogP contribution in [0.4, 0.5) is 17.1 Å². The van der Waals surface area contributed by atoms with E-state index in [0.29, 0.717) is 0 Å². The topological polar surface area (TPSA) is 16.4 Å². The quantitative estimate of drug-likeness (QED) is 0.239. The van der Waals surface area contributed by atoms with Crippen molar-refractivity contribution in [3.8, 4) is 11.1 Å². The molecule has 1 heterocycles. The van der Waals surface area contributed by atoms with Gasteiger partial charge in [0, 0.05) is 33.2 Å². The Morgan fingerprint density at radius 3 is 2.10 bits per heavy atom. The molecule has 39 heavy (non-hydrogen) atoms. The lowest BCUT2D eigenvalue weighted by Gasteiger charge is -2.28. The maximum absolute atomic E-state index is 6.22. The van der Waals surface area contributed by atoms with Gasteiger partial charge in [0.2, 0.25) is 0 Å². The van der Waals surface area contributed by atoms with Gasteiger partial charge in [-0.05, 0) is 81.6 Å². The van der Waals surface area contributed by atoms with Gasteiger partial charge in [-0.15, -0.1) is 0 Å². The van der Waals surface area contributed by atoms with E-state index in [1.807, 2.05) is 12.1 Å². The summed E-state index contributed by atoms with van der Waals surface area (Å²) in [6.07, 6.45) is 0. The lowest BCUT2D eigenvalue weighted by atomic mass is 9.82. The zero-order valence-electron chi connectivity index (χ0n) is 22.0. The molecule has 1 aromatic heterocycles. The van der Waals surface area contributed by atoms with Crippen LogP contribution in [0.15, 0.2) is 132 Å². The Labute approximate surface area is 227 Å². The Hall–Kier alpha value is -4.82. The molecule has 0 saturated heterocycles. The van der Waals surface area contributed by atoms with Crippen molar-refractivity contribution < 1.29 is 4.42 Å². The molecular formula is C37H27NO. The van der Waals surface area contributed by atoms with E-state index in [9.17, 15) is 0 Å². The minimum absolute atomic E-state index is 0.0600. The number of hydrogen-bond donors (Lipinski definition) is 0. The van der Waals surface area contributed by atoms with Gasteiger partial charge in [0.1, 0.15) is 11.2 Å². The monoisotopic (exact) mass is 501 g/mol. The van der Waals surface area contributed by atoms with Crippen molar-refractivity contribution in [2.45, 2.75) is 19.3 Å². The fourth-order valence-corrected chi connectivity index (χ4v) is 6.53. The van der Waals surface area contributed by atoms with Crippen molar-refractivity contribution in [3.63, 3.8) is 0 Å². The average molecular weight is 502 g/mol. The number of benzene rings is 6. The molecule has 0 unspecified atom stereocenters. The van der Waals surface area contributed by atoms with Crippen molar-refractivity contribution in [2.24, 2.45) is 0 Å². The van der Waals surface area contributed by atoms with Crippen LogP contribution in [0.2, 0.25) is 0 Å². The number of rotatable bonds is 3. The first kappa shape index (κ1) is 22.2. The highest BCUT2D eigenvalue weighted by atomic mass is 16.3. The zero-order chi connectivity index (χ0) is 26.1. The summed E-state index contributed by atoms with van der Waals surface area (Å²) in [7, 11) is 0. The third-order valence-electron chi connectivity index (χ3n) is 8.44. The molecule has 6 aromatic carbocycles. The molecule has 0 N–H and O–H groups in total. The number of anilines is 3. The molecule has 186 valence electrons. The van der Waals surface area contributed by atoms with Gasteiger partial charge in [-0.25, -0.2) is 0 Å². The first-order chi connectivity index (χ1) is 19.1. The normalized spacial score (nSPS) is 13.6. The van der Waals surface area contributed by atoms with Gasteiger partial charge in [-0.1, -0.05) is 92.7 Å². The number of fused-ring (bicyclic) bond motifs is 8. The van der Waals surface area contributed by atoms with E-state index < -0.39 is 0 Å². The van der Waals surface area contributed by atoms with E-state index >= 15 is 0 Å². The Morgan fingerprint density at radius 2 is 1.21 bits per heavy atom. The molecule has 2 nitrogen and oxygen atoms in total. The Morgan fingerprint density at radius 1 is 0.513 bits per heavy atom. The largest absolute Gasteiger partial charge is 0.456 e. The molecule has 7 aromatic rings. The van der Waals surface area contributed by atoms with Crippen LogP contribution in [0.1, 0.15) is 25.0 Å². The summed E-state index contributed by atoms with van der Waals surface area (Å²) in [5.41, 5.74) is 10.6. The maximum Gasteiger partial charge on any atom is 0.136 e. The predicted octanol–water partition coefficient (Wildman–Crippen LogP) is 10.5. The molecule has 0 spiro atoms. The minimum Gasteiger partial charge on any atom is -0.456 e. The summed E-state index contributed by atoms with van der Waals surface area (Å²) in [5, 5.41) is 4.73. The van der Waals surface area contributed by atoms with Gasteiger partial charge in [-0.2, -0.15) is 0 Å². The highest BCUT2D eigenvalue weighted by molar-refractivity contribution is 6.19. The summed E-state index contributed by atoms with van der Waals surface area (Å²) < 4.78 is 6.22. The van der Waals surface area contributed by atoms with Crippen LogP contribution in [-0.2, 0) is 5.41 Å². The first-order valence-electron chi connectivity index (χ1n) is 13.5. The second-order valence-corrected chi connectivity index (χ2v) is 11.0. The second-order valence-electron chi connectivity index (χ2n) is 11.0. The van der Waals surface area contributed by atoms with Gasteiger partial charge < -0.3 is 9.32 Å². The lowest BCUT2D eigenvalue weighted by molar-refractivity contribution is 0.660. The summed E-state index contributed by atoms with van der Waals surface area (Å²) >= 11 is 0. The summed E-state index contributed by atoms with van der Waals surface area (Å²) in [5.74, 6) is 0. The van der Waals surface area contributed by atoms with Crippen LogP contribution in [0.3, 0.4) is 0 Å². The summed E-state index contributed by atoms with van der Waals surface area (Å²) in [6.45, 7) is 4.68. The Bertz CT molecular complexity index is 2050. The van der Waals surface area contributed by atoms with E-state index in [2.05, 4.69) is 134 Å². The van der Waals surface area contributed by atoms with Crippen molar-refractivity contribution in [2.75, 3.05) is 4.90 Å². The molecule has 0 amide bonds. The molecule has 8 rings (SSSR count). The molecule has 1 aliphatic rings. The van der Waals surface area contributed by atoms with Crippen molar-refractivity contribution in [1.29, 1.82) is 0 Å². The third kappa shape index (κ3) is 3.21. The van der Waals surface area contributed by atoms with Gasteiger partial charge in [0.15, 0.2) is 0 Å². The Kier molecular flexibility index (Phi) is 4.60. The second kappa shape index (κ2) is 8.09. The fourth-order valence-electron chi connectivity index (χ4n) is 6.53. The van der Waals surface area contributed by atoms with Gasteiger partial charge >= 0.3 is 0 Å². The lowest BCUT2D eigenvalue weighted by Crippen LogP contribution is -2.16. The fraction of sp³-hybridized carbons (Fsp3) is 0.0811. The van der Waals surface area contributed by atoms with Crippen molar-refractivity contribution in [3.05, 3.63) is 139 Å². The smallest absolute Gasteiger partial charge is 0.136 e. The predicted molar refractivity (Wildman–Crippen MR) is 163 cm³/mol. The van der Waals surface area contributed by atoms with Crippen LogP contribution in [-0.4, -0.2) is 0 Å². The van der Waals surface area contributed by atoms with Crippen molar-refractivity contribution in [1.82, 2.24) is 0 Å². The van der Waals surface area contributed by atoms with Gasteiger partial charge in [0.25, 0.3) is 0 Å². The van der Waals surface area contributed by atoms with E-state index in [-0.39, 0.29) is 5.41 Å². The molecule has 0 fully saturated rings. The highest BCUT2D eigenvalue weighted by Crippen LogP contribution is 2.50. The van der Waals surface area contributed by atoms with E-state index in [4.69, 9.17) is 4.42 Å². The van der Waals surface area contributed by atoms with E-state index in [0.717, 1.165) is 33.6 Å². The van der Waals surface area contributed by atoms with Crippen LogP contribution >= 0.6 is 0 Å². The average Bonchev–Trinajstić information content (AvgIpc) is 3.47. The number of para-hydroxylation sites is 2. The molecule has 0 bridgehead atoms. The SMILES string of the molecule is CC1(C)c2ccccc2-c2ccc(N(c3ccccc3)c3ccc4ccc5oc6ccccc6c5c4c3)cc21. The molecule has 0 radical (unpaired) electrons. The molecule has 2 heteroatoms. The Balaban J connectivity index is 1.37. The highest BCUT2D eigenvalue weighted by Gasteiger charge is 2.35. The van der Waals surface area contributed by atoms with Gasteiger partial charge in [0.05, 0.1) is 0 Å². The van der Waals surface area contributed by atoms with Crippen LogP contribution < -0.4 is 4.90 Å². The number of nitrogens with zero attached hydrogens (tertiary/aromatic N) is 1. The van der Waals surface area contributed by atoms with Crippen LogP contribution in [0.5, 0.6) is 0 Å². The molecule has 1 aliphatic carbocycles. The zero-order valence-corrected chi connectivity index (χ0v) is 22.0. The van der Waals surface area contributed by atoms with Crippen LogP contribution in [0.25, 0.3) is 43.8 Å². The van der Waals surface area contributed by atoms with Crippen LogP contribution in [0, 0.1) is 0 Å². The molecule has 0 aliphatic heterocycles. The molecular weight excluding hydrogens is 474 g/mol. The van der Waals surface area contributed by atoms with Crippen molar-refractivity contribution >= 4 is 49.8 Å². The van der Waals surface area contributed by atoms with Gasteiger partial charge in [-0.3, -0.25) is 0 Å². The van der Waals surface area contributed by atoms with E-state index in [1.165, 1.54) is 38.4 Å². The first-order valence-corrected chi connectivity index (χ1v) is 13.5. The molecule has 0 saturated carbocycles. The summed E-state index contributed by atoms with van der Waals surface area (Å²) in [4.78, 5) is 2.37. The standard InChI is InChI=1S/C37H27NO/c1-37(2)32-14-8-6-12-28(32)29-20-19-27(23-33(29)37)38(25-10-4-3-5-11-25)26-18-16-24-17-21-35-36(31(24)22-26)30-13-7-9-15-34(30)39-35/h3-23H,1-2H3. The third-order valence-corrected chi connectivity index (χ3v) is 8.44. The van der Waals surface area contributed by atoms with E-state index in [1.54, 1.807) is 0 Å². The number of furan rings is 1. The molecule has 0 atom stereocenters. The minimum atomic E-state index is -0.0600.